The summed E-state index contributed by atoms with van der Waals surface area (Å²) >= 11 is 0. The first-order valence-corrected chi connectivity index (χ1v) is 5.25. The molecule has 0 unspecified atom stereocenters. The van der Waals surface area contributed by atoms with Crippen LogP contribution in [0.25, 0.3) is 0 Å². The SMILES string of the molecule is N#CCCNC(=O)NCCc1ccccc1. The van der Waals surface area contributed by atoms with Crippen LogP contribution in [-0.2, 0) is 6.42 Å². The molecule has 0 aliphatic heterocycles. The fraction of sp³-hybridized carbons (Fsp3) is 0.333. The number of urea groups is 1. The van der Waals surface area contributed by atoms with Crippen molar-refractivity contribution in [1.29, 1.82) is 5.26 Å². The minimum Gasteiger partial charge on any atom is -0.338 e. The maximum atomic E-state index is 11.2. The van der Waals surface area contributed by atoms with Gasteiger partial charge in [0, 0.05) is 13.1 Å². The third-order valence-electron chi connectivity index (χ3n) is 2.06. The lowest BCUT2D eigenvalue weighted by Crippen LogP contribution is -2.36. The minimum absolute atomic E-state index is 0.216. The number of hydrogen-bond acceptors (Lipinski definition) is 2. The Morgan fingerprint density at radius 1 is 1.19 bits per heavy atom. The van der Waals surface area contributed by atoms with Crippen molar-refractivity contribution in [3.05, 3.63) is 35.9 Å². The van der Waals surface area contributed by atoms with Gasteiger partial charge in [-0.15, -0.1) is 0 Å². The van der Waals surface area contributed by atoms with E-state index in [4.69, 9.17) is 5.26 Å². The van der Waals surface area contributed by atoms with Crippen molar-refractivity contribution in [1.82, 2.24) is 10.6 Å². The summed E-state index contributed by atoms with van der Waals surface area (Å²) in [5.41, 5.74) is 1.19. The second-order valence-electron chi connectivity index (χ2n) is 3.33. The molecule has 0 spiro atoms. The van der Waals surface area contributed by atoms with Gasteiger partial charge in [-0.05, 0) is 12.0 Å². The van der Waals surface area contributed by atoms with Crippen LogP contribution in [-0.4, -0.2) is 19.1 Å². The van der Waals surface area contributed by atoms with Gasteiger partial charge in [-0.3, -0.25) is 0 Å². The highest BCUT2D eigenvalue weighted by Gasteiger charge is 1.98. The molecule has 2 N–H and O–H groups in total. The molecule has 2 amide bonds. The average molecular weight is 217 g/mol. The van der Waals surface area contributed by atoms with Gasteiger partial charge in [0.05, 0.1) is 12.5 Å². The molecule has 4 heteroatoms. The molecule has 16 heavy (non-hydrogen) atoms. The number of amides is 2. The van der Waals surface area contributed by atoms with Gasteiger partial charge >= 0.3 is 6.03 Å². The summed E-state index contributed by atoms with van der Waals surface area (Å²) in [6.45, 7) is 0.996. The van der Waals surface area contributed by atoms with Gasteiger partial charge in [0.25, 0.3) is 0 Å². The first-order valence-electron chi connectivity index (χ1n) is 5.25. The molecule has 0 aliphatic carbocycles. The first-order chi connectivity index (χ1) is 7.83. The molecule has 0 radical (unpaired) electrons. The summed E-state index contributed by atoms with van der Waals surface area (Å²) in [5, 5.41) is 13.6. The molecule has 1 aromatic carbocycles. The Kier molecular flexibility index (Phi) is 5.49. The zero-order valence-corrected chi connectivity index (χ0v) is 9.07. The predicted octanol–water partition coefficient (Wildman–Crippen LogP) is 1.44. The summed E-state index contributed by atoms with van der Waals surface area (Å²) in [5.74, 6) is 0. The largest absolute Gasteiger partial charge is 0.338 e. The van der Waals surface area contributed by atoms with Crippen LogP contribution in [0.5, 0.6) is 0 Å². The smallest absolute Gasteiger partial charge is 0.314 e. The van der Waals surface area contributed by atoms with Crippen LogP contribution in [0.15, 0.2) is 30.3 Å². The maximum Gasteiger partial charge on any atom is 0.314 e. The Hall–Kier alpha value is -2.02. The molecule has 4 nitrogen and oxygen atoms in total. The van der Waals surface area contributed by atoms with E-state index >= 15 is 0 Å². The zero-order valence-electron chi connectivity index (χ0n) is 9.07. The zero-order chi connectivity index (χ0) is 11.6. The van der Waals surface area contributed by atoms with Crippen molar-refractivity contribution >= 4 is 6.03 Å². The molecule has 0 atom stereocenters. The first kappa shape index (κ1) is 12.1. The molecule has 0 fully saturated rings. The Morgan fingerprint density at radius 2 is 1.88 bits per heavy atom. The lowest BCUT2D eigenvalue weighted by atomic mass is 10.1. The number of carbonyl (C=O) groups excluding carboxylic acids is 1. The van der Waals surface area contributed by atoms with Crippen molar-refractivity contribution in [2.75, 3.05) is 13.1 Å². The van der Waals surface area contributed by atoms with Crippen LogP contribution in [0.2, 0.25) is 0 Å². The molecule has 0 heterocycles. The second-order valence-corrected chi connectivity index (χ2v) is 3.33. The molecule has 1 rings (SSSR count). The Balaban J connectivity index is 2.12. The number of nitrogens with zero attached hydrogens (tertiary/aromatic N) is 1. The summed E-state index contributed by atoms with van der Waals surface area (Å²) in [7, 11) is 0. The van der Waals surface area contributed by atoms with Crippen LogP contribution in [0.3, 0.4) is 0 Å². The molecule has 84 valence electrons. The summed E-state index contributed by atoms with van der Waals surface area (Å²) < 4.78 is 0. The quantitative estimate of drug-likeness (QED) is 0.733. The van der Waals surface area contributed by atoms with Gasteiger partial charge in [0.15, 0.2) is 0 Å². The van der Waals surface area contributed by atoms with Crippen LogP contribution in [0.1, 0.15) is 12.0 Å². The number of nitrogens with one attached hydrogen (secondary N) is 2. The highest BCUT2D eigenvalue weighted by atomic mass is 16.2. The van der Waals surface area contributed by atoms with Gasteiger partial charge < -0.3 is 10.6 Å². The number of benzene rings is 1. The van der Waals surface area contributed by atoms with Gasteiger partial charge in [-0.2, -0.15) is 5.26 Å². The van der Waals surface area contributed by atoms with Gasteiger partial charge in [-0.1, -0.05) is 30.3 Å². The highest BCUT2D eigenvalue weighted by molar-refractivity contribution is 5.73. The lowest BCUT2D eigenvalue weighted by molar-refractivity contribution is 0.241. The Labute approximate surface area is 95.3 Å². The number of nitriles is 1. The van der Waals surface area contributed by atoms with Gasteiger partial charge in [0.2, 0.25) is 0 Å². The van der Waals surface area contributed by atoms with E-state index < -0.39 is 0 Å². The molecular formula is C12H15N3O. The van der Waals surface area contributed by atoms with E-state index in [9.17, 15) is 4.79 Å². The van der Waals surface area contributed by atoms with Crippen LogP contribution < -0.4 is 10.6 Å². The Bertz CT molecular complexity index is 356. The van der Waals surface area contributed by atoms with E-state index in [0.717, 1.165) is 6.42 Å². The fourth-order valence-corrected chi connectivity index (χ4v) is 1.26. The number of hydrogen-bond donors (Lipinski definition) is 2. The van der Waals surface area contributed by atoms with E-state index in [0.29, 0.717) is 19.5 Å². The topological polar surface area (TPSA) is 64.9 Å². The van der Waals surface area contributed by atoms with Crippen molar-refractivity contribution in [3.8, 4) is 6.07 Å². The number of rotatable bonds is 5. The lowest BCUT2D eigenvalue weighted by Gasteiger charge is -2.05. The van der Waals surface area contributed by atoms with E-state index in [-0.39, 0.29) is 6.03 Å². The molecule has 0 saturated carbocycles. The second kappa shape index (κ2) is 7.30. The van der Waals surface area contributed by atoms with E-state index in [1.807, 2.05) is 36.4 Å². The molecule has 0 bridgehead atoms. The molecular weight excluding hydrogens is 202 g/mol. The van der Waals surface area contributed by atoms with Crippen LogP contribution >= 0.6 is 0 Å². The summed E-state index contributed by atoms with van der Waals surface area (Å²) in [4.78, 5) is 11.2. The normalized spacial score (nSPS) is 9.19. The highest BCUT2D eigenvalue weighted by Crippen LogP contribution is 1.97. The van der Waals surface area contributed by atoms with Crippen molar-refractivity contribution in [2.24, 2.45) is 0 Å². The summed E-state index contributed by atoms with van der Waals surface area (Å²) in [6.07, 6.45) is 1.15. The van der Waals surface area contributed by atoms with Crippen molar-refractivity contribution in [3.63, 3.8) is 0 Å². The average Bonchev–Trinajstić information content (AvgIpc) is 2.31. The van der Waals surface area contributed by atoms with Gasteiger partial charge in [0.1, 0.15) is 0 Å². The van der Waals surface area contributed by atoms with Crippen molar-refractivity contribution in [2.45, 2.75) is 12.8 Å². The van der Waals surface area contributed by atoms with E-state index in [2.05, 4.69) is 10.6 Å². The Morgan fingerprint density at radius 3 is 2.56 bits per heavy atom. The standard InChI is InChI=1S/C12H15N3O/c13-8-4-9-14-12(16)15-10-7-11-5-2-1-3-6-11/h1-3,5-6H,4,7,9-10H2,(H2,14,15,16). The molecule has 1 aromatic rings. The monoisotopic (exact) mass is 217 g/mol. The summed E-state index contributed by atoms with van der Waals surface area (Å²) in [6, 6.07) is 11.7. The third-order valence-corrected chi connectivity index (χ3v) is 2.06. The van der Waals surface area contributed by atoms with E-state index in [1.165, 1.54) is 5.56 Å². The van der Waals surface area contributed by atoms with E-state index in [1.54, 1.807) is 0 Å². The fourth-order valence-electron chi connectivity index (χ4n) is 1.26. The molecule has 0 aromatic heterocycles. The van der Waals surface area contributed by atoms with Gasteiger partial charge in [-0.25, -0.2) is 4.79 Å². The minimum atomic E-state index is -0.216. The van der Waals surface area contributed by atoms with Crippen LogP contribution in [0.4, 0.5) is 4.79 Å². The third kappa shape index (κ3) is 5.01. The maximum absolute atomic E-state index is 11.2. The number of carbonyl (C=O) groups is 1. The molecule has 0 saturated heterocycles. The van der Waals surface area contributed by atoms with Crippen LogP contribution in [0, 0.1) is 11.3 Å². The predicted molar refractivity (Wildman–Crippen MR) is 61.8 cm³/mol. The van der Waals surface area contributed by atoms with Crippen molar-refractivity contribution < 1.29 is 4.79 Å². The molecule has 0 aliphatic rings.